The maximum absolute atomic E-state index is 12.9. The Kier molecular flexibility index (Phi) is 5.17. The predicted molar refractivity (Wildman–Crippen MR) is 112 cm³/mol. The molecule has 0 aliphatic carbocycles. The van der Waals surface area contributed by atoms with E-state index in [0.717, 1.165) is 5.56 Å². The summed E-state index contributed by atoms with van der Waals surface area (Å²) in [6.07, 6.45) is -0.0234. The molecule has 2 aromatic carbocycles. The molecule has 1 aliphatic heterocycles. The number of fused-ring (bicyclic) bond motifs is 1. The Bertz CT molecular complexity index is 1100. The van der Waals surface area contributed by atoms with E-state index in [1.807, 2.05) is 12.1 Å². The minimum absolute atomic E-state index is 0.0234. The van der Waals surface area contributed by atoms with Gasteiger partial charge in [-0.1, -0.05) is 35.3 Å². The normalized spacial score (nSPS) is 15.4. The summed E-state index contributed by atoms with van der Waals surface area (Å²) in [7, 11) is 1.51. The van der Waals surface area contributed by atoms with E-state index in [2.05, 4.69) is 15.7 Å². The fourth-order valence-electron chi connectivity index (χ4n) is 3.12. The fourth-order valence-corrected chi connectivity index (χ4v) is 3.50. The van der Waals surface area contributed by atoms with Crippen LogP contribution in [0.2, 0.25) is 10.0 Å². The molecule has 2 amide bonds. The van der Waals surface area contributed by atoms with Gasteiger partial charge in [-0.2, -0.15) is 5.10 Å². The second-order valence-corrected chi connectivity index (χ2v) is 7.32. The number of hydrogen-bond acceptors (Lipinski definition) is 4. The van der Waals surface area contributed by atoms with Gasteiger partial charge >= 0.3 is 0 Å². The highest BCUT2D eigenvalue weighted by molar-refractivity contribution is 6.32. The molecule has 0 fully saturated rings. The number of anilines is 2. The average Bonchev–Trinajstić information content (AvgIpc) is 3.11. The molecule has 9 heteroatoms. The third-order valence-corrected chi connectivity index (χ3v) is 5.09. The summed E-state index contributed by atoms with van der Waals surface area (Å²) in [5.41, 5.74) is 1.95. The van der Waals surface area contributed by atoms with E-state index >= 15 is 0 Å². The highest BCUT2D eigenvalue weighted by atomic mass is 35.5. The number of halogens is 2. The first-order valence-corrected chi connectivity index (χ1v) is 9.50. The van der Waals surface area contributed by atoms with E-state index in [-0.39, 0.29) is 18.2 Å². The zero-order valence-electron chi connectivity index (χ0n) is 15.3. The van der Waals surface area contributed by atoms with Gasteiger partial charge in [-0.3, -0.25) is 9.59 Å². The number of nitrogens with one attached hydrogen (secondary N) is 2. The molecule has 2 heterocycles. The number of benzene rings is 2. The quantitative estimate of drug-likeness (QED) is 0.642. The maximum atomic E-state index is 12.9. The molecule has 3 aromatic rings. The molecule has 1 unspecified atom stereocenters. The highest BCUT2D eigenvalue weighted by Gasteiger charge is 2.32. The Balaban J connectivity index is 1.62. The fraction of sp³-hybridized carbons (Fsp3) is 0.150. The van der Waals surface area contributed by atoms with Gasteiger partial charge < -0.3 is 15.4 Å². The third-order valence-electron chi connectivity index (χ3n) is 4.54. The molecule has 29 heavy (non-hydrogen) atoms. The summed E-state index contributed by atoms with van der Waals surface area (Å²) in [6, 6.07) is 13.0. The van der Waals surface area contributed by atoms with Crippen LogP contribution in [0.4, 0.5) is 11.5 Å². The van der Waals surface area contributed by atoms with Crippen LogP contribution in [0.3, 0.4) is 0 Å². The summed E-state index contributed by atoms with van der Waals surface area (Å²) >= 11 is 12.1. The molecule has 0 spiro atoms. The Morgan fingerprint density at radius 1 is 1.21 bits per heavy atom. The first-order valence-electron chi connectivity index (χ1n) is 8.74. The summed E-state index contributed by atoms with van der Waals surface area (Å²) in [6.45, 7) is 0. The van der Waals surface area contributed by atoms with Crippen LogP contribution in [0.15, 0.2) is 48.5 Å². The van der Waals surface area contributed by atoms with Gasteiger partial charge in [-0.05, 0) is 30.3 Å². The summed E-state index contributed by atoms with van der Waals surface area (Å²) < 4.78 is 6.63. The van der Waals surface area contributed by atoms with Crippen molar-refractivity contribution in [2.24, 2.45) is 0 Å². The molecule has 148 valence electrons. The molecule has 2 N–H and O–H groups in total. The van der Waals surface area contributed by atoms with Crippen molar-refractivity contribution in [1.29, 1.82) is 0 Å². The van der Waals surface area contributed by atoms with Crippen molar-refractivity contribution in [3.05, 3.63) is 58.6 Å². The molecule has 7 nitrogen and oxygen atoms in total. The smallest absolute Gasteiger partial charge is 0.249 e. The summed E-state index contributed by atoms with van der Waals surface area (Å²) in [5, 5.41) is 11.0. The molecule has 1 atom stereocenters. The largest absolute Gasteiger partial charge is 0.495 e. The Morgan fingerprint density at radius 2 is 1.97 bits per heavy atom. The summed E-state index contributed by atoms with van der Waals surface area (Å²) in [5.74, 6) is 0.337. The monoisotopic (exact) mass is 430 g/mol. The van der Waals surface area contributed by atoms with E-state index in [1.165, 1.54) is 11.8 Å². The van der Waals surface area contributed by atoms with Crippen molar-refractivity contribution in [1.82, 2.24) is 9.78 Å². The van der Waals surface area contributed by atoms with E-state index < -0.39 is 6.04 Å². The number of nitrogens with zero attached hydrogens (tertiary/aromatic N) is 2. The molecule has 1 aliphatic rings. The molecule has 0 saturated carbocycles. The molecule has 1 aromatic heterocycles. The minimum Gasteiger partial charge on any atom is -0.495 e. The van der Waals surface area contributed by atoms with Crippen LogP contribution in [0, 0.1) is 0 Å². The zero-order chi connectivity index (χ0) is 20.5. The predicted octanol–water partition coefficient (Wildman–Crippen LogP) is 4.39. The van der Waals surface area contributed by atoms with Gasteiger partial charge in [0.05, 0.1) is 24.2 Å². The van der Waals surface area contributed by atoms with Crippen molar-refractivity contribution < 1.29 is 14.3 Å². The zero-order valence-corrected chi connectivity index (χ0v) is 16.8. The van der Waals surface area contributed by atoms with Gasteiger partial charge in [0.15, 0.2) is 0 Å². The number of amides is 2. The van der Waals surface area contributed by atoms with Crippen molar-refractivity contribution >= 4 is 46.5 Å². The number of rotatable bonds is 4. The molecular weight excluding hydrogens is 415 g/mol. The van der Waals surface area contributed by atoms with E-state index in [9.17, 15) is 9.59 Å². The van der Waals surface area contributed by atoms with Crippen LogP contribution in [0.25, 0.3) is 11.3 Å². The van der Waals surface area contributed by atoms with Crippen molar-refractivity contribution in [3.8, 4) is 17.0 Å². The lowest BCUT2D eigenvalue weighted by atomic mass is 10.1. The first kappa shape index (κ1) is 19.3. The van der Waals surface area contributed by atoms with Gasteiger partial charge in [0.2, 0.25) is 11.8 Å². The van der Waals surface area contributed by atoms with Crippen LogP contribution < -0.4 is 15.4 Å². The third kappa shape index (κ3) is 3.92. The van der Waals surface area contributed by atoms with Gasteiger partial charge in [-0.15, -0.1) is 0 Å². The Labute approximate surface area is 176 Å². The van der Waals surface area contributed by atoms with E-state index in [4.69, 9.17) is 27.9 Å². The molecular formula is C20H16Cl2N4O3. The minimum atomic E-state index is -0.791. The van der Waals surface area contributed by atoms with E-state index in [1.54, 1.807) is 36.4 Å². The van der Waals surface area contributed by atoms with Gasteiger partial charge in [0.1, 0.15) is 17.6 Å². The van der Waals surface area contributed by atoms with Gasteiger partial charge in [0.25, 0.3) is 0 Å². The van der Waals surface area contributed by atoms with Gasteiger partial charge in [-0.25, -0.2) is 4.68 Å². The lowest BCUT2D eigenvalue weighted by Gasteiger charge is -2.23. The lowest BCUT2D eigenvalue weighted by Crippen LogP contribution is -2.35. The number of methoxy groups -OCH3 is 1. The number of ether oxygens (including phenoxy) is 1. The lowest BCUT2D eigenvalue weighted by molar-refractivity contribution is -0.125. The molecule has 0 bridgehead atoms. The maximum Gasteiger partial charge on any atom is 0.249 e. The number of hydrogen-bond donors (Lipinski definition) is 2. The van der Waals surface area contributed by atoms with Gasteiger partial charge in [0, 0.05) is 22.3 Å². The first-order chi connectivity index (χ1) is 13.9. The Hall–Kier alpha value is -3.03. The van der Waals surface area contributed by atoms with Crippen LogP contribution in [0.1, 0.15) is 12.5 Å². The van der Waals surface area contributed by atoms with Crippen molar-refractivity contribution in [2.45, 2.75) is 12.5 Å². The Morgan fingerprint density at radius 3 is 2.66 bits per heavy atom. The van der Waals surface area contributed by atoms with Crippen molar-refractivity contribution in [3.63, 3.8) is 0 Å². The van der Waals surface area contributed by atoms with Crippen LogP contribution in [-0.4, -0.2) is 28.7 Å². The highest BCUT2D eigenvalue weighted by Crippen LogP contribution is 2.32. The number of carbonyl (C=O) groups excluding carboxylic acids is 2. The van der Waals surface area contributed by atoms with Crippen LogP contribution >= 0.6 is 23.2 Å². The molecule has 0 saturated heterocycles. The van der Waals surface area contributed by atoms with Crippen molar-refractivity contribution in [2.75, 3.05) is 17.7 Å². The second kappa shape index (κ2) is 7.77. The number of aromatic nitrogens is 2. The van der Waals surface area contributed by atoms with Crippen LogP contribution in [0.5, 0.6) is 5.75 Å². The molecule has 4 rings (SSSR count). The molecule has 0 radical (unpaired) electrons. The average molecular weight is 431 g/mol. The number of carbonyl (C=O) groups is 2. The summed E-state index contributed by atoms with van der Waals surface area (Å²) in [4.78, 5) is 25.0. The van der Waals surface area contributed by atoms with E-state index in [0.29, 0.717) is 33.0 Å². The SMILES string of the molecule is COc1ccc(NC(=O)C2CC(=O)Nc3cc(-c4ccc(Cl)cc4)nn32)cc1Cl. The van der Waals surface area contributed by atoms with Crippen LogP contribution in [-0.2, 0) is 9.59 Å². The standard InChI is InChI=1S/C20H16Cl2N4O3/c1-29-17-7-6-13(8-14(17)22)23-20(28)16-10-19(27)24-18-9-15(25-26(16)18)11-2-4-12(21)5-3-11/h2-9,16H,10H2,1H3,(H,23,28)(H,24,27). The topological polar surface area (TPSA) is 85.2 Å². The second-order valence-electron chi connectivity index (χ2n) is 6.47.